The van der Waals surface area contributed by atoms with Crippen molar-refractivity contribution in [2.24, 2.45) is 14.1 Å². The number of nitrogens with one attached hydrogen (secondary N) is 3. The number of ether oxygens (including phenoxy) is 1. The molecule has 0 bridgehead atoms. The molecule has 0 atom stereocenters. The van der Waals surface area contributed by atoms with E-state index in [1.165, 1.54) is 0 Å². The third-order valence-electron chi connectivity index (χ3n) is 8.65. The number of nitrogens with zero attached hydrogens (tertiary/aromatic N) is 10. The van der Waals surface area contributed by atoms with Crippen molar-refractivity contribution in [3.63, 3.8) is 0 Å². The van der Waals surface area contributed by atoms with E-state index in [2.05, 4.69) is 56.1 Å². The molecule has 0 aliphatic heterocycles. The molecule has 6 aromatic heterocycles. The molecule has 17 heteroatoms. The Hall–Kier alpha value is -6.62. The van der Waals surface area contributed by atoms with Crippen molar-refractivity contribution in [1.29, 1.82) is 0 Å². The quantitative estimate of drug-likeness (QED) is 0.159. The molecule has 0 fully saturated rings. The zero-order valence-electron chi connectivity index (χ0n) is 29.4. The number of esters is 1. The fourth-order valence-electron chi connectivity index (χ4n) is 6.33. The number of anilines is 4. The lowest BCUT2D eigenvalue weighted by Gasteiger charge is -2.17. The summed E-state index contributed by atoms with van der Waals surface area (Å²) in [7, 11) is 3.61. The molecule has 6 heterocycles. The topological polar surface area (TPSA) is 213 Å². The highest BCUT2D eigenvalue weighted by atomic mass is 16.5. The van der Waals surface area contributed by atoms with Gasteiger partial charge < -0.3 is 25.8 Å². The van der Waals surface area contributed by atoms with Gasteiger partial charge in [0, 0.05) is 56.6 Å². The van der Waals surface area contributed by atoms with Crippen LogP contribution >= 0.6 is 0 Å². The lowest BCUT2D eigenvalue weighted by molar-refractivity contribution is 0.0517. The molecule has 4 N–H and O–H groups in total. The minimum absolute atomic E-state index is 0.112. The van der Waals surface area contributed by atoms with Crippen molar-refractivity contribution in [2.45, 2.75) is 32.6 Å². The molecule has 0 saturated heterocycles. The number of aliphatic hydroxyl groups excluding tert-OH is 1. The van der Waals surface area contributed by atoms with Crippen LogP contribution in [0.25, 0.3) is 22.8 Å². The third kappa shape index (κ3) is 7.27. The predicted octanol–water partition coefficient (Wildman–Crippen LogP) is 3.13. The second-order valence-electron chi connectivity index (χ2n) is 12.1. The van der Waals surface area contributed by atoms with Gasteiger partial charge in [-0.2, -0.15) is 10.2 Å². The Balaban J connectivity index is 0.000000164. The van der Waals surface area contributed by atoms with Crippen LogP contribution in [0.4, 0.5) is 23.5 Å². The fraction of sp³-hybridized carbons (Fsp3) is 0.278. The maximum atomic E-state index is 12.4. The van der Waals surface area contributed by atoms with Crippen molar-refractivity contribution in [3.05, 3.63) is 94.8 Å². The number of carbonyl (C=O) groups excluding carboxylic acids is 2. The molecule has 2 aliphatic carbocycles. The monoisotopic (exact) mass is 715 g/mol. The molecular weight excluding hydrogens is 678 g/mol. The minimum Gasteiger partial charge on any atom is -0.461 e. The van der Waals surface area contributed by atoms with Gasteiger partial charge in [-0.3, -0.25) is 14.2 Å². The Kier molecular flexibility index (Phi) is 10.1. The Labute approximate surface area is 304 Å². The molecule has 270 valence electrons. The molecule has 6 aromatic rings. The van der Waals surface area contributed by atoms with Crippen LogP contribution in [0.5, 0.6) is 0 Å². The summed E-state index contributed by atoms with van der Waals surface area (Å²) in [5, 5.41) is 26.5. The summed E-state index contributed by atoms with van der Waals surface area (Å²) in [6.07, 6.45) is 9.89. The van der Waals surface area contributed by atoms with Crippen LogP contribution in [0.3, 0.4) is 0 Å². The van der Waals surface area contributed by atoms with Gasteiger partial charge >= 0.3 is 5.97 Å². The summed E-state index contributed by atoms with van der Waals surface area (Å²) in [6, 6.07) is 11.1. The number of pyridine rings is 2. The Morgan fingerprint density at radius 3 is 1.77 bits per heavy atom. The van der Waals surface area contributed by atoms with E-state index in [0.29, 0.717) is 54.4 Å². The van der Waals surface area contributed by atoms with E-state index in [9.17, 15) is 9.59 Å². The number of aliphatic hydroxyl groups is 1. The van der Waals surface area contributed by atoms with Crippen molar-refractivity contribution in [3.8, 4) is 22.8 Å². The highest BCUT2D eigenvalue weighted by Crippen LogP contribution is 2.35. The van der Waals surface area contributed by atoms with Gasteiger partial charge in [-0.05, 0) is 68.0 Å². The van der Waals surface area contributed by atoms with Crippen molar-refractivity contribution < 1.29 is 19.4 Å². The SMILES string of the molecule is CCOC(=O)c1nn(C)c2c1CCc1cnc(Nc3ccccn3)nc1-2.Cn1nc(C(=O)NCCO)c2c1-c1nc(Nc3ccccn3)ncc1CC2. The summed E-state index contributed by atoms with van der Waals surface area (Å²) in [6.45, 7) is 2.19. The van der Waals surface area contributed by atoms with Crippen LogP contribution < -0.4 is 16.0 Å². The zero-order chi connectivity index (χ0) is 36.9. The van der Waals surface area contributed by atoms with Gasteiger partial charge in [-0.1, -0.05) is 12.1 Å². The molecule has 0 aromatic carbocycles. The molecule has 0 unspecified atom stereocenters. The van der Waals surface area contributed by atoms with Crippen molar-refractivity contribution >= 4 is 35.4 Å². The smallest absolute Gasteiger partial charge is 0.359 e. The first kappa shape index (κ1) is 34.8. The molecule has 17 nitrogen and oxygen atoms in total. The highest BCUT2D eigenvalue weighted by Gasteiger charge is 2.30. The Morgan fingerprint density at radius 2 is 1.28 bits per heavy atom. The van der Waals surface area contributed by atoms with Crippen molar-refractivity contribution in [2.75, 3.05) is 30.4 Å². The molecule has 1 amide bonds. The van der Waals surface area contributed by atoms with Gasteiger partial charge in [0.15, 0.2) is 11.4 Å². The van der Waals surface area contributed by atoms with E-state index >= 15 is 0 Å². The number of hydrogen-bond donors (Lipinski definition) is 4. The largest absolute Gasteiger partial charge is 0.461 e. The van der Waals surface area contributed by atoms with Gasteiger partial charge in [-0.15, -0.1) is 0 Å². The third-order valence-corrected chi connectivity index (χ3v) is 8.65. The molecule has 0 radical (unpaired) electrons. The number of rotatable bonds is 9. The normalized spacial score (nSPS) is 12.2. The molecular formula is C36H37N13O4. The first-order valence-corrected chi connectivity index (χ1v) is 17.1. The molecule has 0 spiro atoms. The zero-order valence-corrected chi connectivity index (χ0v) is 29.4. The predicted molar refractivity (Wildman–Crippen MR) is 194 cm³/mol. The minimum atomic E-state index is -0.395. The number of amides is 1. The summed E-state index contributed by atoms with van der Waals surface area (Å²) in [4.78, 5) is 51.1. The summed E-state index contributed by atoms with van der Waals surface area (Å²) >= 11 is 0. The van der Waals surface area contributed by atoms with E-state index in [-0.39, 0.29) is 19.1 Å². The average Bonchev–Trinajstić information content (AvgIpc) is 3.71. The lowest BCUT2D eigenvalue weighted by atomic mass is 9.93. The first-order chi connectivity index (χ1) is 25.8. The lowest BCUT2D eigenvalue weighted by Crippen LogP contribution is -2.28. The summed E-state index contributed by atoms with van der Waals surface area (Å²) in [5.74, 6) is 1.53. The molecule has 0 saturated carbocycles. The van der Waals surface area contributed by atoms with Gasteiger partial charge in [-0.25, -0.2) is 34.7 Å². The maximum Gasteiger partial charge on any atom is 0.359 e. The fourth-order valence-corrected chi connectivity index (χ4v) is 6.33. The van der Waals surface area contributed by atoms with Gasteiger partial charge in [0.25, 0.3) is 5.91 Å². The molecule has 8 rings (SSSR count). The summed E-state index contributed by atoms with van der Waals surface area (Å²) in [5.41, 5.74) is 7.73. The van der Waals surface area contributed by atoms with E-state index in [4.69, 9.17) is 9.84 Å². The van der Waals surface area contributed by atoms with Crippen LogP contribution in [0, 0.1) is 0 Å². The van der Waals surface area contributed by atoms with Gasteiger partial charge in [0.2, 0.25) is 11.9 Å². The standard InChI is InChI=1S/C18H19N7O2.C18H18N6O2/c1-25-16-12(15(24-25)17(27)20-8-9-26)6-5-11-10-21-18(23-14(11)16)22-13-4-2-3-7-19-13;1-3-26-17(25)15-12-8-7-11-10-20-18(21-13-6-4-5-9-19-13)22-14(11)16(12)24(2)23-15/h2-4,7,10,26H,5-6,8-9H2,1H3,(H,20,27)(H,19,21,22,23);4-6,9-10H,3,7-8H2,1-2H3,(H,19,20,21,22). The summed E-state index contributed by atoms with van der Waals surface area (Å²) < 4.78 is 8.50. The second-order valence-corrected chi connectivity index (χ2v) is 12.1. The number of aryl methyl sites for hydroxylation is 4. The van der Waals surface area contributed by atoms with E-state index in [1.54, 1.807) is 41.9 Å². The van der Waals surface area contributed by atoms with Crippen LogP contribution in [-0.2, 0) is 44.5 Å². The van der Waals surface area contributed by atoms with Crippen molar-refractivity contribution in [1.82, 2.24) is 54.8 Å². The second kappa shape index (κ2) is 15.3. The van der Waals surface area contributed by atoms with E-state index in [0.717, 1.165) is 57.9 Å². The van der Waals surface area contributed by atoms with Crippen LogP contribution in [0.1, 0.15) is 50.2 Å². The van der Waals surface area contributed by atoms with Crippen LogP contribution in [0.15, 0.2) is 61.2 Å². The number of hydrogen-bond acceptors (Lipinski definition) is 14. The van der Waals surface area contributed by atoms with Gasteiger partial charge in [0.1, 0.15) is 11.6 Å². The van der Waals surface area contributed by atoms with Crippen LogP contribution in [-0.4, -0.2) is 86.2 Å². The first-order valence-electron chi connectivity index (χ1n) is 17.1. The number of carbonyl (C=O) groups is 2. The van der Waals surface area contributed by atoms with Gasteiger partial charge in [0.05, 0.1) is 36.0 Å². The van der Waals surface area contributed by atoms with E-state index in [1.807, 2.05) is 49.6 Å². The Bertz CT molecular complexity index is 2270. The average molecular weight is 716 g/mol. The van der Waals surface area contributed by atoms with Crippen LogP contribution in [0.2, 0.25) is 0 Å². The molecule has 53 heavy (non-hydrogen) atoms. The maximum absolute atomic E-state index is 12.4. The Morgan fingerprint density at radius 1 is 0.755 bits per heavy atom. The highest BCUT2D eigenvalue weighted by molar-refractivity contribution is 5.96. The van der Waals surface area contributed by atoms with E-state index < -0.39 is 5.97 Å². The number of aromatic nitrogens is 10. The molecule has 2 aliphatic rings. The number of fused-ring (bicyclic) bond motifs is 6.